The molecule has 0 N–H and O–H groups in total. The molecule has 2 aromatic rings. The van der Waals surface area contributed by atoms with Crippen LogP contribution in [0.3, 0.4) is 0 Å². The molecule has 0 aliphatic rings. The molecular formula is C21H28N2O2. The molecule has 25 heavy (non-hydrogen) atoms. The van der Waals surface area contributed by atoms with Crippen molar-refractivity contribution in [3.63, 3.8) is 0 Å². The highest BCUT2D eigenvalue weighted by Gasteiger charge is 2.18. The van der Waals surface area contributed by atoms with Crippen LogP contribution in [0.25, 0.3) is 0 Å². The third kappa shape index (κ3) is 5.33. The lowest BCUT2D eigenvalue weighted by Crippen LogP contribution is -2.38. The van der Waals surface area contributed by atoms with Crippen LogP contribution in [0.5, 0.6) is 5.75 Å². The fourth-order valence-electron chi connectivity index (χ4n) is 2.58. The molecule has 0 aliphatic heterocycles. The van der Waals surface area contributed by atoms with E-state index in [1.165, 1.54) is 5.56 Å². The average Bonchev–Trinajstić information content (AvgIpc) is 2.61. The number of carbonyl (C=O) groups is 1. The van der Waals surface area contributed by atoms with Gasteiger partial charge in [0.1, 0.15) is 5.75 Å². The van der Waals surface area contributed by atoms with Gasteiger partial charge in [-0.3, -0.25) is 0 Å². The zero-order valence-corrected chi connectivity index (χ0v) is 15.8. The summed E-state index contributed by atoms with van der Waals surface area (Å²) in [5.41, 5.74) is 2.33. The number of nitrogens with zero attached hydrogens (tertiary/aromatic N) is 2. The third-order valence-corrected chi connectivity index (χ3v) is 4.64. The molecule has 2 aromatic carbocycles. The van der Waals surface area contributed by atoms with Crippen molar-refractivity contribution in [2.45, 2.75) is 32.4 Å². The largest absolute Gasteiger partial charge is 0.415 e. The van der Waals surface area contributed by atoms with E-state index in [1.807, 2.05) is 63.5 Å². The molecule has 0 saturated carbocycles. The van der Waals surface area contributed by atoms with Gasteiger partial charge in [0.2, 0.25) is 0 Å². The van der Waals surface area contributed by atoms with Gasteiger partial charge in [-0.05, 0) is 57.6 Å². The van der Waals surface area contributed by atoms with E-state index in [9.17, 15) is 4.79 Å². The van der Waals surface area contributed by atoms with Gasteiger partial charge in [0.15, 0.2) is 0 Å². The Bertz CT molecular complexity index is 685. The number of likely N-dealkylation sites (N-methyl/N-ethyl adjacent to an activating group) is 1. The van der Waals surface area contributed by atoms with Crippen molar-refractivity contribution < 1.29 is 9.53 Å². The van der Waals surface area contributed by atoms with Crippen molar-refractivity contribution in [2.75, 3.05) is 21.1 Å². The molecular weight excluding hydrogens is 312 g/mol. The van der Waals surface area contributed by atoms with Crippen LogP contribution in [0.1, 0.15) is 31.0 Å². The first-order valence-electron chi connectivity index (χ1n) is 8.63. The number of hydrogen-bond donors (Lipinski definition) is 0. The van der Waals surface area contributed by atoms with E-state index < -0.39 is 0 Å². The molecule has 0 bridgehead atoms. The second-order valence-corrected chi connectivity index (χ2v) is 6.73. The van der Waals surface area contributed by atoms with Gasteiger partial charge >= 0.3 is 6.09 Å². The van der Waals surface area contributed by atoms with Crippen LogP contribution in [0, 0.1) is 0 Å². The van der Waals surface area contributed by atoms with Crippen LogP contribution in [0.4, 0.5) is 4.79 Å². The van der Waals surface area contributed by atoms with E-state index in [0.717, 1.165) is 12.0 Å². The van der Waals surface area contributed by atoms with Gasteiger partial charge in [0.05, 0.1) is 0 Å². The molecule has 2 rings (SSSR count). The maximum Gasteiger partial charge on any atom is 0.415 e. The quantitative estimate of drug-likeness (QED) is 0.783. The highest BCUT2D eigenvalue weighted by molar-refractivity contribution is 5.70. The normalized spacial score (nSPS) is 13.4. The van der Waals surface area contributed by atoms with E-state index in [2.05, 4.69) is 24.0 Å². The highest BCUT2D eigenvalue weighted by atomic mass is 16.6. The smallest absolute Gasteiger partial charge is 0.410 e. The van der Waals surface area contributed by atoms with E-state index in [-0.39, 0.29) is 18.2 Å². The fraction of sp³-hybridized carbons (Fsp3) is 0.381. The van der Waals surface area contributed by atoms with Crippen molar-refractivity contribution in [3.05, 3.63) is 65.7 Å². The molecule has 0 aromatic heterocycles. The molecule has 1 amide bonds. The van der Waals surface area contributed by atoms with E-state index in [0.29, 0.717) is 5.75 Å². The van der Waals surface area contributed by atoms with Crippen molar-refractivity contribution in [1.82, 2.24) is 9.80 Å². The minimum absolute atomic E-state index is 0.0544. The van der Waals surface area contributed by atoms with Crippen LogP contribution in [0.15, 0.2) is 54.6 Å². The number of carbonyl (C=O) groups excluding carboxylic acids is 1. The predicted octanol–water partition coefficient (Wildman–Crippen LogP) is 4.37. The number of benzene rings is 2. The molecule has 0 radical (unpaired) electrons. The lowest BCUT2D eigenvalue weighted by atomic mass is 10.1. The van der Waals surface area contributed by atoms with E-state index in [1.54, 1.807) is 11.9 Å². The Hall–Kier alpha value is -2.33. The SMILES string of the molecule is CC(c1cccc(OC(=O)N(C)[C@H](C)Cc2ccccc2)c1)N(C)C. The summed E-state index contributed by atoms with van der Waals surface area (Å²) < 4.78 is 5.57. The molecule has 0 fully saturated rings. The Morgan fingerprint density at radius 2 is 1.68 bits per heavy atom. The number of ether oxygens (including phenoxy) is 1. The third-order valence-electron chi connectivity index (χ3n) is 4.64. The lowest BCUT2D eigenvalue weighted by molar-refractivity contribution is 0.148. The van der Waals surface area contributed by atoms with E-state index in [4.69, 9.17) is 4.74 Å². The molecule has 134 valence electrons. The summed E-state index contributed by atoms with van der Waals surface area (Å²) in [5.74, 6) is 0.579. The Morgan fingerprint density at radius 3 is 2.32 bits per heavy atom. The summed E-state index contributed by atoms with van der Waals surface area (Å²) in [6, 6.07) is 18.2. The summed E-state index contributed by atoms with van der Waals surface area (Å²) in [7, 11) is 5.84. The van der Waals surface area contributed by atoms with Crippen LogP contribution in [-0.4, -0.2) is 43.1 Å². The predicted molar refractivity (Wildman–Crippen MR) is 102 cm³/mol. The van der Waals surface area contributed by atoms with Crippen molar-refractivity contribution >= 4 is 6.09 Å². The minimum atomic E-state index is -0.335. The van der Waals surface area contributed by atoms with Gasteiger partial charge in [-0.1, -0.05) is 42.5 Å². The summed E-state index contributed by atoms with van der Waals surface area (Å²) in [6.45, 7) is 4.15. The molecule has 0 saturated heterocycles. The Morgan fingerprint density at radius 1 is 1.00 bits per heavy atom. The molecule has 1 unspecified atom stereocenters. The maximum absolute atomic E-state index is 12.5. The van der Waals surface area contributed by atoms with Gasteiger partial charge < -0.3 is 14.5 Å². The van der Waals surface area contributed by atoms with E-state index >= 15 is 0 Å². The molecule has 0 heterocycles. The van der Waals surface area contributed by atoms with Gasteiger partial charge in [0.25, 0.3) is 0 Å². The van der Waals surface area contributed by atoms with Crippen LogP contribution >= 0.6 is 0 Å². The molecule has 0 aliphatic carbocycles. The summed E-state index contributed by atoms with van der Waals surface area (Å²) in [4.78, 5) is 16.2. The Labute approximate surface area is 151 Å². The summed E-state index contributed by atoms with van der Waals surface area (Å²) >= 11 is 0. The summed E-state index contributed by atoms with van der Waals surface area (Å²) in [5, 5.41) is 0. The maximum atomic E-state index is 12.5. The molecule has 4 heteroatoms. The van der Waals surface area contributed by atoms with Gasteiger partial charge in [0, 0.05) is 19.1 Å². The number of amides is 1. The van der Waals surface area contributed by atoms with Gasteiger partial charge in [-0.25, -0.2) is 4.79 Å². The molecule has 2 atom stereocenters. The first kappa shape index (κ1) is 19.0. The zero-order chi connectivity index (χ0) is 18.4. The van der Waals surface area contributed by atoms with Crippen LogP contribution in [-0.2, 0) is 6.42 Å². The van der Waals surface area contributed by atoms with Gasteiger partial charge in [-0.15, -0.1) is 0 Å². The number of hydrogen-bond acceptors (Lipinski definition) is 3. The summed E-state index contributed by atoms with van der Waals surface area (Å²) in [6.07, 6.45) is 0.461. The minimum Gasteiger partial charge on any atom is -0.410 e. The molecule has 4 nitrogen and oxygen atoms in total. The molecule has 0 spiro atoms. The lowest BCUT2D eigenvalue weighted by Gasteiger charge is -2.25. The topological polar surface area (TPSA) is 32.8 Å². The van der Waals surface area contributed by atoms with Crippen molar-refractivity contribution in [2.24, 2.45) is 0 Å². The first-order chi connectivity index (χ1) is 11.9. The average molecular weight is 340 g/mol. The number of rotatable bonds is 6. The van der Waals surface area contributed by atoms with Crippen molar-refractivity contribution in [1.29, 1.82) is 0 Å². The van der Waals surface area contributed by atoms with Crippen LogP contribution < -0.4 is 4.74 Å². The van der Waals surface area contributed by atoms with Crippen LogP contribution in [0.2, 0.25) is 0 Å². The zero-order valence-electron chi connectivity index (χ0n) is 15.8. The first-order valence-corrected chi connectivity index (χ1v) is 8.63. The highest BCUT2D eigenvalue weighted by Crippen LogP contribution is 2.22. The Balaban J connectivity index is 2.00. The Kier molecular flexibility index (Phi) is 6.59. The van der Waals surface area contributed by atoms with Crippen molar-refractivity contribution in [3.8, 4) is 5.75 Å². The monoisotopic (exact) mass is 340 g/mol. The second-order valence-electron chi connectivity index (χ2n) is 6.73. The standard InChI is InChI=1S/C21H28N2O2/c1-16(14-18-10-7-6-8-11-18)23(5)21(24)25-20-13-9-12-19(15-20)17(2)22(3)4/h6-13,15-17H,14H2,1-5H3/t16-,17?/m1/s1. The fourth-order valence-corrected chi connectivity index (χ4v) is 2.58. The van der Waals surface area contributed by atoms with Gasteiger partial charge in [-0.2, -0.15) is 0 Å². The second kappa shape index (κ2) is 8.67.